The van der Waals surface area contributed by atoms with E-state index in [-0.39, 0.29) is 0 Å². The lowest BCUT2D eigenvalue weighted by molar-refractivity contribution is 0.0523. The van der Waals surface area contributed by atoms with Crippen LogP contribution in [0.4, 0.5) is 4.79 Å². The highest BCUT2D eigenvalue weighted by molar-refractivity contribution is 7.11. The number of alkyl carbamates (subject to hydrolysis) is 1. The molecule has 100 valence electrons. The van der Waals surface area contributed by atoms with Gasteiger partial charge in [-0.3, -0.25) is 0 Å². The van der Waals surface area contributed by atoms with Crippen LogP contribution >= 0.6 is 11.3 Å². The van der Waals surface area contributed by atoms with E-state index >= 15 is 0 Å². The van der Waals surface area contributed by atoms with E-state index in [0.717, 1.165) is 30.2 Å². The van der Waals surface area contributed by atoms with Gasteiger partial charge in [0.05, 0.1) is 12.2 Å². The van der Waals surface area contributed by atoms with Crippen LogP contribution in [0.3, 0.4) is 0 Å². The summed E-state index contributed by atoms with van der Waals surface area (Å²) in [5, 5.41) is 6.95. The molecule has 1 amide bonds. The normalized spacial score (nSPS) is 15.1. The van der Waals surface area contributed by atoms with E-state index in [9.17, 15) is 4.79 Å². The summed E-state index contributed by atoms with van der Waals surface area (Å²) in [4.78, 5) is 17.3. The van der Waals surface area contributed by atoms with Gasteiger partial charge in [-0.15, -0.1) is 11.3 Å². The summed E-state index contributed by atoms with van der Waals surface area (Å²) in [6.07, 6.45) is 0.633. The van der Waals surface area contributed by atoms with Gasteiger partial charge in [-0.05, 0) is 27.2 Å². The molecule has 1 aliphatic rings. The summed E-state index contributed by atoms with van der Waals surface area (Å²) in [6.45, 7) is 7.82. The molecule has 0 saturated heterocycles. The fourth-order valence-corrected chi connectivity index (χ4v) is 2.74. The van der Waals surface area contributed by atoms with Gasteiger partial charge in [-0.2, -0.15) is 0 Å². The molecule has 18 heavy (non-hydrogen) atoms. The van der Waals surface area contributed by atoms with Crippen LogP contribution in [0.25, 0.3) is 0 Å². The zero-order chi connectivity index (χ0) is 13.2. The second kappa shape index (κ2) is 5.24. The summed E-state index contributed by atoms with van der Waals surface area (Å²) in [6, 6.07) is 0. The van der Waals surface area contributed by atoms with Gasteiger partial charge < -0.3 is 15.4 Å². The Morgan fingerprint density at radius 2 is 2.33 bits per heavy atom. The topological polar surface area (TPSA) is 63.2 Å². The number of nitrogens with zero attached hydrogens (tertiary/aromatic N) is 1. The molecule has 2 N–H and O–H groups in total. The van der Waals surface area contributed by atoms with Crippen molar-refractivity contribution < 1.29 is 9.53 Å². The predicted molar refractivity (Wildman–Crippen MR) is 70.6 cm³/mol. The monoisotopic (exact) mass is 269 g/mol. The minimum absolute atomic E-state index is 0.395. The number of aromatic nitrogens is 1. The van der Waals surface area contributed by atoms with E-state index in [2.05, 4.69) is 15.6 Å². The second-order valence-corrected chi connectivity index (χ2v) is 6.43. The Hall–Kier alpha value is -1.14. The molecule has 0 bridgehead atoms. The molecule has 1 aliphatic heterocycles. The maximum atomic E-state index is 11.5. The SMILES string of the molecule is CC(C)(C)OC(=O)NCc1nc2c(s1)CCNC2. The van der Waals surface area contributed by atoms with Crippen molar-refractivity contribution in [3.8, 4) is 0 Å². The van der Waals surface area contributed by atoms with Crippen molar-refractivity contribution in [2.45, 2.75) is 45.9 Å². The quantitative estimate of drug-likeness (QED) is 0.859. The molecule has 0 saturated carbocycles. The summed E-state index contributed by atoms with van der Waals surface area (Å²) in [7, 11) is 0. The van der Waals surface area contributed by atoms with Crippen LogP contribution in [-0.4, -0.2) is 23.2 Å². The summed E-state index contributed by atoms with van der Waals surface area (Å²) < 4.78 is 5.18. The van der Waals surface area contributed by atoms with Crippen LogP contribution in [-0.2, 0) is 24.2 Å². The van der Waals surface area contributed by atoms with Crippen LogP contribution in [0.1, 0.15) is 36.3 Å². The first-order chi connectivity index (χ1) is 8.44. The second-order valence-electron chi connectivity index (χ2n) is 5.26. The van der Waals surface area contributed by atoms with Gasteiger partial charge in [-0.25, -0.2) is 9.78 Å². The van der Waals surface area contributed by atoms with Gasteiger partial charge in [0, 0.05) is 18.0 Å². The third kappa shape index (κ3) is 3.68. The zero-order valence-electron chi connectivity index (χ0n) is 11.0. The number of hydrogen-bond acceptors (Lipinski definition) is 5. The number of thiazole rings is 1. The molecule has 2 heterocycles. The molecule has 0 unspecified atom stereocenters. The first-order valence-corrected chi connectivity index (χ1v) is 6.91. The number of hydrogen-bond donors (Lipinski definition) is 2. The van der Waals surface area contributed by atoms with Crippen molar-refractivity contribution in [1.82, 2.24) is 15.6 Å². The van der Waals surface area contributed by atoms with E-state index in [1.165, 1.54) is 4.88 Å². The number of carbonyl (C=O) groups is 1. The van der Waals surface area contributed by atoms with Gasteiger partial charge in [-0.1, -0.05) is 0 Å². The molecular formula is C12H19N3O2S. The molecule has 1 aromatic heterocycles. The van der Waals surface area contributed by atoms with Gasteiger partial charge in [0.25, 0.3) is 0 Å². The van der Waals surface area contributed by atoms with Gasteiger partial charge in [0.2, 0.25) is 0 Å². The highest BCUT2D eigenvalue weighted by Gasteiger charge is 2.18. The Morgan fingerprint density at radius 1 is 1.56 bits per heavy atom. The molecule has 0 radical (unpaired) electrons. The van der Waals surface area contributed by atoms with Crippen molar-refractivity contribution in [2.24, 2.45) is 0 Å². The number of nitrogens with one attached hydrogen (secondary N) is 2. The van der Waals surface area contributed by atoms with Gasteiger partial charge in [0.1, 0.15) is 10.6 Å². The average Bonchev–Trinajstić information content (AvgIpc) is 2.66. The molecule has 0 aliphatic carbocycles. The highest BCUT2D eigenvalue weighted by Crippen LogP contribution is 2.21. The van der Waals surface area contributed by atoms with Crippen molar-refractivity contribution in [3.05, 3.63) is 15.6 Å². The molecule has 0 aromatic carbocycles. The van der Waals surface area contributed by atoms with E-state index in [1.807, 2.05) is 20.8 Å². The van der Waals surface area contributed by atoms with Crippen LogP contribution < -0.4 is 10.6 Å². The number of carbonyl (C=O) groups excluding carboxylic acids is 1. The Labute approximate surface area is 111 Å². The third-order valence-electron chi connectivity index (χ3n) is 2.43. The minimum atomic E-state index is -0.462. The first kappa shape index (κ1) is 13.3. The summed E-state index contributed by atoms with van der Waals surface area (Å²) in [5.74, 6) is 0. The smallest absolute Gasteiger partial charge is 0.408 e. The van der Waals surface area contributed by atoms with Crippen LogP contribution in [0, 0.1) is 0 Å². The molecule has 1 aromatic rings. The van der Waals surface area contributed by atoms with Crippen LogP contribution in [0.2, 0.25) is 0 Å². The van der Waals surface area contributed by atoms with Crippen molar-refractivity contribution >= 4 is 17.4 Å². The van der Waals surface area contributed by atoms with Gasteiger partial charge >= 0.3 is 6.09 Å². The molecule has 5 nitrogen and oxygen atoms in total. The van der Waals surface area contributed by atoms with Crippen LogP contribution in [0.15, 0.2) is 0 Å². The molecule has 0 spiro atoms. The summed E-state index contributed by atoms with van der Waals surface area (Å²) >= 11 is 1.67. The maximum absolute atomic E-state index is 11.5. The van der Waals surface area contributed by atoms with E-state index in [4.69, 9.17) is 4.74 Å². The first-order valence-electron chi connectivity index (χ1n) is 6.09. The average molecular weight is 269 g/mol. The Morgan fingerprint density at radius 3 is 3.00 bits per heavy atom. The van der Waals surface area contributed by atoms with Crippen LogP contribution in [0.5, 0.6) is 0 Å². The lowest BCUT2D eigenvalue weighted by atomic mass is 10.2. The minimum Gasteiger partial charge on any atom is -0.444 e. The molecular weight excluding hydrogens is 250 g/mol. The lowest BCUT2D eigenvalue weighted by Crippen LogP contribution is -2.32. The van der Waals surface area contributed by atoms with E-state index in [1.54, 1.807) is 11.3 Å². The number of ether oxygens (including phenoxy) is 1. The number of fused-ring (bicyclic) bond motifs is 1. The number of amides is 1. The maximum Gasteiger partial charge on any atom is 0.408 e. The zero-order valence-corrected chi connectivity index (χ0v) is 11.8. The van der Waals surface area contributed by atoms with Crippen molar-refractivity contribution in [1.29, 1.82) is 0 Å². The third-order valence-corrected chi connectivity index (χ3v) is 3.58. The van der Waals surface area contributed by atoms with Gasteiger partial charge in [0.15, 0.2) is 0 Å². The summed E-state index contributed by atoms with van der Waals surface area (Å²) in [5.41, 5.74) is 0.656. The predicted octanol–water partition coefficient (Wildman–Crippen LogP) is 1.81. The Kier molecular flexibility index (Phi) is 3.87. The lowest BCUT2D eigenvalue weighted by Gasteiger charge is -2.19. The Balaban J connectivity index is 1.87. The molecule has 2 rings (SSSR count). The Bertz CT molecular complexity index is 414. The number of rotatable bonds is 2. The van der Waals surface area contributed by atoms with E-state index in [0.29, 0.717) is 6.54 Å². The van der Waals surface area contributed by atoms with Crippen molar-refractivity contribution in [2.75, 3.05) is 6.54 Å². The molecule has 6 heteroatoms. The standard InChI is InChI=1S/C12H19N3O2S/c1-12(2,3)17-11(16)14-7-10-15-8-6-13-5-4-9(8)18-10/h13H,4-7H2,1-3H3,(H,14,16). The molecule has 0 atom stereocenters. The van der Waals surface area contributed by atoms with Crippen molar-refractivity contribution in [3.63, 3.8) is 0 Å². The largest absolute Gasteiger partial charge is 0.444 e. The fraction of sp³-hybridized carbons (Fsp3) is 0.667. The highest BCUT2D eigenvalue weighted by atomic mass is 32.1. The fourth-order valence-electron chi connectivity index (χ4n) is 1.72. The molecule has 0 fully saturated rings. The van der Waals surface area contributed by atoms with E-state index < -0.39 is 11.7 Å².